The average Bonchev–Trinajstić information content (AvgIpc) is 2.54. The number of nitrogens with one attached hydrogen (secondary N) is 2. The number of anilines is 2. The molecule has 0 spiro atoms. The lowest BCUT2D eigenvalue weighted by atomic mass is 9.86. The van der Waals surface area contributed by atoms with Crippen LogP contribution in [0.3, 0.4) is 0 Å². The van der Waals surface area contributed by atoms with E-state index in [1.807, 2.05) is 18.2 Å². The van der Waals surface area contributed by atoms with Gasteiger partial charge in [0.1, 0.15) is 5.75 Å². The largest absolute Gasteiger partial charge is 0.494 e. The third-order valence-electron chi connectivity index (χ3n) is 3.63. The second-order valence-electron chi connectivity index (χ2n) is 6.52. The van der Waals surface area contributed by atoms with Gasteiger partial charge in [0.2, 0.25) is 0 Å². The summed E-state index contributed by atoms with van der Waals surface area (Å²) in [5.74, 6) is 0.349. The monoisotopic (exact) mass is 359 g/mol. The van der Waals surface area contributed by atoms with Crippen LogP contribution >= 0.6 is 12.2 Å². The van der Waals surface area contributed by atoms with Gasteiger partial charge in [-0.05, 0) is 35.3 Å². The van der Waals surface area contributed by atoms with Crippen LogP contribution < -0.4 is 15.4 Å². The molecule has 0 saturated carbocycles. The molecule has 0 atom stereocenters. The molecule has 2 rings (SSSR count). The Morgan fingerprint density at radius 1 is 1.12 bits per heavy atom. The van der Waals surface area contributed by atoms with Crippen LogP contribution in [0.25, 0.3) is 0 Å². The van der Waals surface area contributed by atoms with Crippen LogP contribution in [-0.4, -0.2) is 17.1 Å². The van der Waals surface area contributed by atoms with E-state index in [1.54, 1.807) is 6.07 Å². The van der Waals surface area contributed by atoms with Gasteiger partial charge in [0.15, 0.2) is 5.11 Å². The highest BCUT2D eigenvalue weighted by atomic mass is 32.1. The summed E-state index contributed by atoms with van der Waals surface area (Å²) in [5, 5.41) is 17.5. The first-order chi connectivity index (χ1) is 11.7. The molecule has 0 radical (unpaired) electrons. The molecule has 0 amide bonds. The summed E-state index contributed by atoms with van der Waals surface area (Å²) in [6.07, 6.45) is 0. The van der Waals surface area contributed by atoms with E-state index in [4.69, 9.17) is 17.0 Å². The third-order valence-corrected chi connectivity index (χ3v) is 3.83. The van der Waals surface area contributed by atoms with Crippen molar-refractivity contribution in [2.75, 3.05) is 17.7 Å². The smallest absolute Gasteiger partial charge is 0.273 e. The molecule has 0 aliphatic carbocycles. The minimum atomic E-state index is -0.470. The Morgan fingerprint density at radius 3 is 2.36 bits per heavy atom. The molecule has 0 saturated heterocycles. The Balaban J connectivity index is 2.20. The van der Waals surface area contributed by atoms with Crippen LogP contribution in [0.1, 0.15) is 26.3 Å². The van der Waals surface area contributed by atoms with E-state index < -0.39 is 4.92 Å². The Morgan fingerprint density at radius 2 is 1.76 bits per heavy atom. The SMILES string of the molecule is COc1cc([N+](=O)[O-])ccc1NC(=S)Nc1ccccc1C(C)(C)C. The highest BCUT2D eigenvalue weighted by molar-refractivity contribution is 7.80. The molecular formula is C18H21N3O3S. The molecule has 7 heteroatoms. The van der Waals surface area contributed by atoms with Crippen LogP contribution in [0, 0.1) is 10.1 Å². The third kappa shape index (κ3) is 4.67. The number of methoxy groups -OCH3 is 1. The lowest BCUT2D eigenvalue weighted by molar-refractivity contribution is -0.384. The number of non-ortho nitro benzene ring substituents is 1. The molecule has 6 nitrogen and oxygen atoms in total. The fraction of sp³-hybridized carbons (Fsp3) is 0.278. The number of nitro groups is 1. The summed E-state index contributed by atoms with van der Waals surface area (Å²) < 4.78 is 5.21. The summed E-state index contributed by atoms with van der Waals surface area (Å²) in [6.45, 7) is 6.38. The number of hydrogen-bond acceptors (Lipinski definition) is 4. The van der Waals surface area contributed by atoms with Crippen LogP contribution in [-0.2, 0) is 5.41 Å². The molecule has 0 heterocycles. The van der Waals surface area contributed by atoms with Crippen LogP contribution in [0.2, 0.25) is 0 Å². The van der Waals surface area contributed by atoms with E-state index in [9.17, 15) is 10.1 Å². The first-order valence-corrected chi connectivity index (χ1v) is 8.13. The summed E-state index contributed by atoms with van der Waals surface area (Å²) in [5.41, 5.74) is 2.52. The van der Waals surface area contributed by atoms with E-state index in [-0.39, 0.29) is 11.1 Å². The molecule has 25 heavy (non-hydrogen) atoms. The Labute approximate surface area is 152 Å². The number of benzene rings is 2. The maximum atomic E-state index is 10.9. The van der Waals surface area contributed by atoms with Gasteiger partial charge in [-0.25, -0.2) is 0 Å². The Bertz CT molecular complexity index is 800. The molecule has 0 aliphatic heterocycles. The van der Waals surface area contributed by atoms with Crippen molar-refractivity contribution in [2.24, 2.45) is 0 Å². The predicted molar refractivity (Wildman–Crippen MR) is 105 cm³/mol. The molecule has 0 aliphatic rings. The van der Waals surface area contributed by atoms with Gasteiger partial charge in [-0.2, -0.15) is 0 Å². The van der Waals surface area contributed by atoms with Gasteiger partial charge in [-0.1, -0.05) is 39.0 Å². The highest BCUT2D eigenvalue weighted by Crippen LogP contribution is 2.31. The Kier molecular flexibility index (Phi) is 5.58. The van der Waals surface area contributed by atoms with Gasteiger partial charge in [-0.15, -0.1) is 0 Å². The van der Waals surface area contributed by atoms with Gasteiger partial charge >= 0.3 is 0 Å². The van der Waals surface area contributed by atoms with Crippen LogP contribution in [0.5, 0.6) is 5.75 Å². The summed E-state index contributed by atoms with van der Waals surface area (Å²) in [4.78, 5) is 10.4. The van der Waals surface area contributed by atoms with Crippen molar-refractivity contribution in [2.45, 2.75) is 26.2 Å². The molecule has 2 N–H and O–H groups in total. The van der Waals surface area contributed by atoms with Crippen molar-refractivity contribution in [3.63, 3.8) is 0 Å². The van der Waals surface area contributed by atoms with Gasteiger partial charge < -0.3 is 15.4 Å². The zero-order valence-corrected chi connectivity index (χ0v) is 15.4. The number of hydrogen-bond donors (Lipinski definition) is 2. The van der Waals surface area contributed by atoms with E-state index >= 15 is 0 Å². The molecule has 2 aromatic carbocycles. The first-order valence-electron chi connectivity index (χ1n) is 7.72. The topological polar surface area (TPSA) is 76.4 Å². The fourth-order valence-electron chi connectivity index (χ4n) is 2.42. The molecule has 0 unspecified atom stereocenters. The second kappa shape index (κ2) is 7.48. The van der Waals surface area contributed by atoms with Crippen molar-refractivity contribution in [1.82, 2.24) is 0 Å². The molecule has 0 fully saturated rings. The van der Waals surface area contributed by atoms with Crippen molar-refractivity contribution >= 4 is 34.4 Å². The normalized spacial score (nSPS) is 10.9. The molecule has 2 aromatic rings. The second-order valence-corrected chi connectivity index (χ2v) is 6.92. The Hall–Kier alpha value is -2.67. The standard InChI is InChI=1S/C18H21N3O3S/c1-18(2,3)13-7-5-6-8-14(13)19-17(25)20-15-10-9-12(21(22)23)11-16(15)24-4/h5-11H,1-4H3,(H2,19,20,25). The average molecular weight is 359 g/mol. The predicted octanol–water partition coefficient (Wildman–Crippen LogP) is 4.71. The summed E-state index contributed by atoms with van der Waals surface area (Å²) >= 11 is 5.38. The highest BCUT2D eigenvalue weighted by Gasteiger charge is 2.18. The van der Waals surface area contributed by atoms with E-state index in [0.29, 0.717) is 16.5 Å². The summed E-state index contributed by atoms with van der Waals surface area (Å²) in [7, 11) is 1.45. The van der Waals surface area contributed by atoms with Crippen molar-refractivity contribution in [1.29, 1.82) is 0 Å². The van der Waals surface area contributed by atoms with Gasteiger partial charge in [0, 0.05) is 11.8 Å². The van der Waals surface area contributed by atoms with Crippen LogP contribution in [0.15, 0.2) is 42.5 Å². The summed E-state index contributed by atoms with van der Waals surface area (Å²) in [6, 6.07) is 12.3. The van der Waals surface area contributed by atoms with E-state index in [2.05, 4.69) is 37.5 Å². The van der Waals surface area contributed by atoms with E-state index in [1.165, 1.54) is 19.2 Å². The van der Waals surface area contributed by atoms with Gasteiger partial charge in [0.25, 0.3) is 5.69 Å². The number of thiocarbonyl (C=S) groups is 1. The van der Waals surface area contributed by atoms with Crippen molar-refractivity contribution < 1.29 is 9.66 Å². The zero-order chi connectivity index (χ0) is 18.6. The van der Waals surface area contributed by atoms with Crippen LogP contribution in [0.4, 0.5) is 17.1 Å². The van der Waals surface area contributed by atoms with Crippen molar-refractivity contribution in [3.05, 3.63) is 58.1 Å². The minimum Gasteiger partial charge on any atom is -0.494 e. The molecule has 132 valence electrons. The number of nitro benzene ring substituents is 1. The maximum Gasteiger partial charge on any atom is 0.273 e. The number of ether oxygens (including phenoxy) is 1. The molecule has 0 aromatic heterocycles. The zero-order valence-electron chi connectivity index (χ0n) is 14.6. The molecule has 0 bridgehead atoms. The van der Waals surface area contributed by atoms with Gasteiger partial charge in [-0.3, -0.25) is 10.1 Å². The minimum absolute atomic E-state index is 0.0374. The van der Waals surface area contributed by atoms with E-state index in [0.717, 1.165) is 11.3 Å². The fourth-order valence-corrected chi connectivity index (χ4v) is 2.64. The maximum absolute atomic E-state index is 10.9. The van der Waals surface area contributed by atoms with Crippen molar-refractivity contribution in [3.8, 4) is 5.75 Å². The lowest BCUT2D eigenvalue weighted by Gasteiger charge is -2.24. The lowest BCUT2D eigenvalue weighted by Crippen LogP contribution is -2.22. The number of rotatable bonds is 4. The number of para-hydroxylation sites is 1. The number of nitrogens with zero attached hydrogens (tertiary/aromatic N) is 1. The van der Waals surface area contributed by atoms with Gasteiger partial charge in [0.05, 0.1) is 23.8 Å². The first kappa shape index (κ1) is 18.7. The quantitative estimate of drug-likeness (QED) is 0.468. The molecular weight excluding hydrogens is 338 g/mol.